The first-order valence-electron chi connectivity index (χ1n) is 7.19. The van der Waals surface area contributed by atoms with Gasteiger partial charge in [-0.3, -0.25) is 0 Å². The van der Waals surface area contributed by atoms with E-state index in [9.17, 15) is 0 Å². The molecule has 0 aromatic heterocycles. The quantitative estimate of drug-likeness (QED) is 0.682. The van der Waals surface area contributed by atoms with E-state index in [1.54, 1.807) is 7.11 Å². The van der Waals surface area contributed by atoms with Gasteiger partial charge in [-0.25, -0.2) is 0 Å². The Morgan fingerprint density at radius 1 is 1.10 bits per heavy atom. The molecule has 5 nitrogen and oxygen atoms in total. The van der Waals surface area contributed by atoms with Gasteiger partial charge in [0.1, 0.15) is 6.61 Å². The van der Waals surface area contributed by atoms with E-state index in [4.69, 9.17) is 19.3 Å². The summed E-state index contributed by atoms with van der Waals surface area (Å²) in [5.74, 6) is 1.41. The van der Waals surface area contributed by atoms with Gasteiger partial charge in [0.2, 0.25) is 0 Å². The number of hydrogen-bond acceptors (Lipinski definition) is 5. The van der Waals surface area contributed by atoms with Crippen molar-refractivity contribution in [1.82, 2.24) is 5.32 Å². The first-order chi connectivity index (χ1) is 9.96. The highest BCUT2D eigenvalue weighted by molar-refractivity contribution is 5.43. The number of methoxy groups -OCH3 is 1. The Labute approximate surface area is 127 Å². The topological polar surface area (TPSA) is 60.0 Å². The van der Waals surface area contributed by atoms with Crippen LogP contribution < -0.4 is 14.8 Å². The smallest absolute Gasteiger partial charge is 0.161 e. The predicted octanol–water partition coefficient (Wildman–Crippen LogP) is 1.97. The summed E-state index contributed by atoms with van der Waals surface area (Å²) in [6, 6.07) is 5.90. The average Bonchev–Trinajstić information content (AvgIpc) is 2.44. The van der Waals surface area contributed by atoms with Gasteiger partial charge in [-0.05, 0) is 38.5 Å². The van der Waals surface area contributed by atoms with Gasteiger partial charge in [0.25, 0.3) is 0 Å². The van der Waals surface area contributed by atoms with E-state index in [0.717, 1.165) is 12.1 Å². The van der Waals surface area contributed by atoms with Crippen molar-refractivity contribution in [1.29, 1.82) is 0 Å². The number of aliphatic hydroxyl groups is 1. The molecule has 1 aromatic rings. The van der Waals surface area contributed by atoms with Crippen molar-refractivity contribution in [3.63, 3.8) is 0 Å². The molecule has 0 saturated heterocycles. The molecule has 2 N–H and O–H groups in total. The Bertz CT molecular complexity index is 415. The lowest BCUT2D eigenvalue weighted by Crippen LogP contribution is -2.35. The second-order valence-corrected chi connectivity index (χ2v) is 5.77. The maximum atomic E-state index is 8.63. The maximum Gasteiger partial charge on any atom is 0.161 e. The first-order valence-corrected chi connectivity index (χ1v) is 7.19. The van der Waals surface area contributed by atoms with Crippen molar-refractivity contribution >= 4 is 0 Å². The van der Waals surface area contributed by atoms with Crippen LogP contribution in [-0.2, 0) is 11.3 Å². The van der Waals surface area contributed by atoms with Gasteiger partial charge in [0.05, 0.1) is 26.9 Å². The van der Waals surface area contributed by atoms with Crippen molar-refractivity contribution in [2.24, 2.45) is 0 Å². The van der Waals surface area contributed by atoms with Crippen LogP contribution >= 0.6 is 0 Å². The van der Waals surface area contributed by atoms with Crippen LogP contribution in [0.15, 0.2) is 18.2 Å². The fraction of sp³-hybridized carbons (Fsp3) is 0.625. The van der Waals surface area contributed by atoms with E-state index in [-0.39, 0.29) is 12.1 Å². The van der Waals surface area contributed by atoms with Gasteiger partial charge < -0.3 is 24.6 Å². The monoisotopic (exact) mass is 297 g/mol. The summed E-state index contributed by atoms with van der Waals surface area (Å²) in [5.41, 5.74) is 1.20. The molecule has 0 spiro atoms. The molecule has 0 saturated carbocycles. The molecule has 21 heavy (non-hydrogen) atoms. The van der Waals surface area contributed by atoms with Crippen LogP contribution in [0.5, 0.6) is 11.5 Å². The summed E-state index contributed by atoms with van der Waals surface area (Å²) in [7, 11) is 1.62. The molecule has 0 bridgehead atoms. The molecule has 0 aliphatic carbocycles. The van der Waals surface area contributed by atoms with Crippen LogP contribution in [0.1, 0.15) is 26.3 Å². The van der Waals surface area contributed by atoms with Crippen molar-refractivity contribution in [2.75, 3.05) is 33.5 Å². The molecular formula is C16H27NO4. The lowest BCUT2D eigenvalue weighted by molar-refractivity contribution is 0.0698. The molecule has 0 aliphatic rings. The van der Waals surface area contributed by atoms with Gasteiger partial charge in [0, 0.05) is 12.1 Å². The number of ether oxygens (including phenoxy) is 3. The molecule has 0 unspecified atom stereocenters. The van der Waals surface area contributed by atoms with E-state index < -0.39 is 0 Å². The second-order valence-electron chi connectivity index (χ2n) is 5.77. The summed E-state index contributed by atoms with van der Waals surface area (Å²) >= 11 is 0. The summed E-state index contributed by atoms with van der Waals surface area (Å²) in [5, 5.41) is 12.1. The van der Waals surface area contributed by atoms with Gasteiger partial charge in [-0.2, -0.15) is 0 Å². The highest BCUT2D eigenvalue weighted by Crippen LogP contribution is 2.28. The van der Waals surface area contributed by atoms with Crippen LogP contribution in [0.4, 0.5) is 0 Å². The third kappa shape index (κ3) is 7.32. The number of rotatable bonds is 9. The van der Waals surface area contributed by atoms with E-state index >= 15 is 0 Å². The molecule has 0 aliphatic heterocycles. The Hall–Kier alpha value is -1.30. The fourth-order valence-electron chi connectivity index (χ4n) is 1.69. The Balaban J connectivity index is 2.58. The molecule has 1 rings (SSSR count). The standard InChI is InChI=1S/C16H27NO4/c1-16(2,3)17-12-13-5-6-14(19-4)15(11-13)21-10-9-20-8-7-18/h5-6,11,17-18H,7-10,12H2,1-4H3. The zero-order valence-electron chi connectivity index (χ0n) is 13.4. The molecule has 0 radical (unpaired) electrons. The van der Waals surface area contributed by atoms with Gasteiger partial charge in [-0.1, -0.05) is 6.07 Å². The Morgan fingerprint density at radius 3 is 2.48 bits per heavy atom. The van der Waals surface area contributed by atoms with Crippen LogP contribution in [-0.4, -0.2) is 44.2 Å². The number of aliphatic hydroxyl groups excluding tert-OH is 1. The molecule has 1 aromatic carbocycles. The van der Waals surface area contributed by atoms with E-state index in [2.05, 4.69) is 26.1 Å². The maximum absolute atomic E-state index is 8.63. The predicted molar refractivity (Wildman–Crippen MR) is 83.0 cm³/mol. The van der Waals surface area contributed by atoms with Gasteiger partial charge >= 0.3 is 0 Å². The van der Waals surface area contributed by atoms with E-state index in [1.165, 1.54) is 0 Å². The van der Waals surface area contributed by atoms with E-state index in [1.807, 2.05) is 18.2 Å². The summed E-state index contributed by atoms with van der Waals surface area (Å²) in [6.45, 7) is 8.38. The van der Waals surface area contributed by atoms with Crippen molar-refractivity contribution in [2.45, 2.75) is 32.9 Å². The Morgan fingerprint density at radius 2 is 1.86 bits per heavy atom. The zero-order valence-corrected chi connectivity index (χ0v) is 13.4. The minimum absolute atomic E-state index is 0.0251. The van der Waals surface area contributed by atoms with E-state index in [0.29, 0.717) is 31.3 Å². The molecule has 120 valence electrons. The second kappa shape index (κ2) is 8.87. The van der Waals surface area contributed by atoms with Crippen LogP contribution in [0.3, 0.4) is 0 Å². The minimum Gasteiger partial charge on any atom is -0.493 e. The summed E-state index contributed by atoms with van der Waals surface area (Å²) < 4.78 is 16.2. The van der Waals surface area contributed by atoms with Crippen molar-refractivity contribution in [3.8, 4) is 11.5 Å². The fourth-order valence-corrected chi connectivity index (χ4v) is 1.69. The van der Waals surface area contributed by atoms with Crippen LogP contribution in [0.25, 0.3) is 0 Å². The number of benzene rings is 1. The molecule has 0 fully saturated rings. The third-order valence-electron chi connectivity index (χ3n) is 2.77. The minimum atomic E-state index is 0.0251. The first kappa shape index (κ1) is 17.8. The number of nitrogens with one attached hydrogen (secondary N) is 1. The molecule has 0 amide bonds. The zero-order chi connectivity index (χ0) is 15.7. The van der Waals surface area contributed by atoms with Crippen molar-refractivity contribution in [3.05, 3.63) is 23.8 Å². The normalized spacial score (nSPS) is 11.5. The van der Waals surface area contributed by atoms with Gasteiger partial charge in [0.15, 0.2) is 11.5 Å². The molecule has 5 heteroatoms. The highest BCUT2D eigenvalue weighted by atomic mass is 16.5. The summed E-state index contributed by atoms with van der Waals surface area (Å²) in [6.07, 6.45) is 0. The lowest BCUT2D eigenvalue weighted by atomic mass is 10.1. The summed E-state index contributed by atoms with van der Waals surface area (Å²) in [4.78, 5) is 0. The molecular weight excluding hydrogens is 270 g/mol. The lowest BCUT2D eigenvalue weighted by Gasteiger charge is -2.21. The SMILES string of the molecule is COc1ccc(CNC(C)(C)C)cc1OCCOCCO. The number of hydrogen-bond donors (Lipinski definition) is 2. The Kier molecular flexibility index (Phi) is 7.50. The largest absolute Gasteiger partial charge is 0.493 e. The third-order valence-corrected chi connectivity index (χ3v) is 2.77. The van der Waals surface area contributed by atoms with Crippen LogP contribution in [0.2, 0.25) is 0 Å². The van der Waals surface area contributed by atoms with Gasteiger partial charge in [-0.15, -0.1) is 0 Å². The van der Waals surface area contributed by atoms with Crippen LogP contribution in [0, 0.1) is 0 Å². The highest BCUT2D eigenvalue weighted by Gasteiger charge is 2.10. The molecule has 0 atom stereocenters. The average molecular weight is 297 g/mol. The molecule has 0 heterocycles. The van der Waals surface area contributed by atoms with Crippen molar-refractivity contribution < 1.29 is 19.3 Å².